The van der Waals surface area contributed by atoms with Gasteiger partial charge in [-0.05, 0) is 72.8 Å². The predicted molar refractivity (Wildman–Crippen MR) is 120 cm³/mol. The Morgan fingerprint density at radius 3 is 2.34 bits per heavy atom. The number of benzene rings is 2. The van der Waals surface area contributed by atoms with Crippen molar-refractivity contribution in [1.29, 1.82) is 0 Å². The van der Waals surface area contributed by atoms with Crippen LogP contribution < -0.4 is 4.74 Å². The fourth-order valence-corrected chi connectivity index (χ4v) is 3.48. The van der Waals surface area contributed by atoms with Gasteiger partial charge in [0.15, 0.2) is 0 Å². The highest BCUT2D eigenvalue weighted by Crippen LogP contribution is 2.30. The Bertz CT molecular complexity index is 817. The molecule has 29 heavy (non-hydrogen) atoms. The lowest BCUT2D eigenvalue weighted by molar-refractivity contribution is 0.0216. The second kappa shape index (κ2) is 10.1. The molecule has 2 aromatic rings. The number of ether oxygens (including phenoxy) is 1. The fourth-order valence-electron chi connectivity index (χ4n) is 3.48. The van der Waals surface area contributed by atoms with Crippen LogP contribution in [-0.2, 0) is 6.42 Å². The lowest BCUT2D eigenvalue weighted by Gasteiger charge is -2.26. The number of hydrogen-bond donors (Lipinski definition) is 1. The van der Waals surface area contributed by atoms with Gasteiger partial charge in [-0.2, -0.15) is 0 Å². The van der Waals surface area contributed by atoms with Crippen LogP contribution in [0.2, 0.25) is 0 Å². The highest BCUT2D eigenvalue weighted by molar-refractivity contribution is 5.77. The minimum Gasteiger partial charge on any atom is -0.491 e. The molecular formula is C26H36O3. The van der Waals surface area contributed by atoms with Gasteiger partial charge in [-0.1, -0.05) is 58.0 Å². The normalized spacial score (nSPS) is 13.8. The summed E-state index contributed by atoms with van der Waals surface area (Å²) < 4.78 is 5.88. The highest BCUT2D eigenvalue weighted by Gasteiger charge is 2.23. The van der Waals surface area contributed by atoms with Crippen molar-refractivity contribution >= 4 is 6.29 Å². The van der Waals surface area contributed by atoms with Crippen molar-refractivity contribution in [2.45, 2.75) is 72.8 Å². The summed E-state index contributed by atoms with van der Waals surface area (Å²) in [7, 11) is 0. The molecule has 0 fully saturated rings. The van der Waals surface area contributed by atoms with E-state index < -0.39 is 6.10 Å². The average Bonchev–Trinajstić information content (AvgIpc) is 2.67. The second-order valence-corrected chi connectivity index (χ2v) is 9.17. The third-order valence-electron chi connectivity index (χ3n) is 5.80. The van der Waals surface area contributed by atoms with Crippen LogP contribution in [0.4, 0.5) is 0 Å². The lowest BCUT2D eigenvalue weighted by atomic mass is 9.88. The van der Waals surface area contributed by atoms with Crippen molar-refractivity contribution in [3.05, 3.63) is 64.2 Å². The minimum atomic E-state index is -0.501. The van der Waals surface area contributed by atoms with Crippen LogP contribution in [0.25, 0.3) is 0 Å². The summed E-state index contributed by atoms with van der Waals surface area (Å²) in [5.74, 6) is 1.32. The van der Waals surface area contributed by atoms with E-state index in [9.17, 15) is 9.90 Å². The number of hydrogen-bond acceptors (Lipinski definition) is 3. The number of aldehydes is 1. The van der Waals surface area contributed by atoms with Gasteiger partial charge in [0.1, 0.15) is 18.6 Å². The molecule has 0 amide bonds. The molecule has 0 saturated carbocycles. The van der Waals surface area contributed by atoms with E-state index in [0.717, 1.165) is 48.0 Å². The smallest absolute Gasteiger partial charge is 0.150 e. The van der Waals surface area contributed by atoms with E-state index in [1.807, 2.05) is 39.8 Å². The first-order chi connectivity index (χ1) is 13.7. The molecule has 0 heterocycles. The number of aryl methyl sites for hydroxylation is 3. The highest BCUT2D eigenvalue weighted by atomic mass is 16.5. The topological polar surface area (TPSA) is 46.5 Å². The summed E-state index contributed by atoms with van der Waals surface area (Å²) in [6.07, 6.45) is 3.56. The van der Waals surface area contributed by atoms with Crippen LogP contribution in [-0.4, -0.2) is 24.1 Å². The Labute approximate surface area is 176 Å². The quantitative estimate of drug-likeness (QED) is 0.527. The van der Waals surface area contributed by atoms with E-state index in [1.54, 1.807) is 0 Å². The molecule has 0 radical (unpaired) electrons. The predicted octanol–water partition coefficient (Wildman–Crippen LogP) is 6.03. The Balaban J connectivity index is 2.03. The van der Waals surface area contributed by atoms with Crippen LogP contribution in [0.15, 0.2) is 36.4 Å². The van der Waals surface area contributed by atoms with E-state index in [-0.39, 0.29) is 5.41 Å². The Morgan fingerprint density at radius 2 is 1.79 bits per heavy atom. The van der Waals surface area contributed by atoms with Crippen LogP contribution in [0.5, 0.6) is 5.75 Å². The minimum absolute atomic E-state index is 0.191. The molecule has 0 spiro atoms. The van der Waals surface area contributed by atoms with E-state index >= 15 is 0 Å². The maximum Gasteiger partial charge on any atom is 0.150 e. The second-order valence-electron chi connectivity index (χ2n) is 9.17. The SMILES string of the molecule is CCC(CCc1ccc(C=O)c(C)c1)c1ccc(OCC(O)C(C)(C)C)c(C)c1. The number of carbonyl (C=O) groups excluding carboxylic acids is 1. The zero-order valence-electron chi connectivity index (χ0n) is 18.8. The third-order valence-corrected chi connectivity index (χ3v) is 5.80. The average molecular weight is 397 g/mol. The Hall–Kier alpha value is -2.13. The summed E-state index contributed by atoms with van der Waals surface area (Å²) in [5.41, 5.74) is 5.33. The molecule has 0 aromatic heterocycles. The molecule has 2 aromatic carbocycles. The summed E-state index contributed by atoms with van der Waals surface area (Å²) >= 11 is 0. The van der Waals surface area contributed by atoms with Gasteiger partial charge in [0.05, 0.1) is 6.10 Å². The fraction of sp³-hybridized carbons (Fsp3) is 0.500. The zero-order chi connectivity index (χ0) is 21.6. The molecule has 0 aliphatic rings. The van der Waals surface area contributed by atoms with E-state index in [4.69, 9.17) is 4.74 Å². The first-order valence-corrected chi connectivity index (χ1v) is 10.6. The van der Waals surface area contributed by atoms with Gasteiger partial charge in [0.2, 0.25) is 0 Å². The molecule has 2 rings (SSSR count). The van der Waals surface area contributed by atoms with E-state index in [1.165, 1.54) is 11.1 Å². The lowest BCUT2D eigenvalue weighted by Crippen LogP contribution is -2.32. The molecule has 3 heteroatoms. The molecule has 2 atom stereocenters. The van der Waals surface area contributed by atoms with Crippen molar-refractivity contribution in [1.82, 2.24) is 0 Å². The number of aliphatic hydroxyl groups excluding tert-OH is 1. The van der Waals surface area contributed by atoms with Crippen molar-refractivity contribution in [2.75, 3.05) is 6.61 Å². The van der Waals surface area contributed by atoms with Crippen LogP contribution >= 0.6 is 0 Å². The van der Waals surface area contributed by atoms with Gasteiger partial charge in [-0.25, -0.2) is 0 Å². The molecule has 0 aliphatic heterocycles. The third kappa shape index (κ3) is 6.43. The van der Waals surface area contributed by atoms with Gasteiger partial charge in [-0.15, -0.1) is 0 Å². The molecular weight excluding hydrogens is 360 g/mol. The molecule has 0 aliphatic carbocycles. The standard InChI is InChI=1S/C26H36O3/c1-7-21(10-8-20-9-11-23(16-27)18(2)14-20)22-12-13-24(19(3)15-22)29-17-25(28)26(4,5)6/h9,11-16,21,25,28H,7-8,10,17H2,1-6H3. The van der Waals surface area contributed by atoms with Crippen molar-refractivity contribution in [2.24, 2.45) is 5.41 Å². The summed E-state index contributed by atoms with van der Waals surface area (Å²) in [5, 5.41) is 10.2. The number of aliphatic hydroxyl groups is 1. The molecule has 0 saturated heterocycles. The number of rotatable bonds is 9. The molecule has 0 bridgehead atoms. The van der Waals surface area contributed by atoms with E-state index in [0.29, 0.717) is 12.5 Å². The van der Waals surface area contributed by atoms with Crippen molar-refractivity contribution in [3.63, 3.8) is 0 Å². The van der Waals surface area contributed by atoms with Crippen LogP contribution in [0.1, 0.15) is 79.1 Å². The van der Waals surface area contributed by atoms with Gasteiger partial charge in [0.25, 0.3) is 0 Å². The van der Waals surface area contributed by atoms with E-state index in [2.05, 4.69) is 38.1 Å². The monoisotopic (exact) mass is 396 g/mol. The summed E-state index contributed by atoms with van der Waals surface area (Å²) in [4.78, 5) is 11.0. The molecule has 3 nitrogen and oxygen atoms in total. The van der Waals surface area contributed by atoms with Gasteiger partial charge in [0, 0.05) is 5.56 Å². The van der Waals surface area contributed by atoms with Gasteiger partial charge >= 0.3 is 0 Å². The van der Waals surface area contributed by atoms with Gasteiger partial charge in [-0.3, -0.25) is 4.79 Å². The van der Waals surface area contributed by atoms with Gasteiger partial charge < -0.3 is 9.84 Å². The Kier molecular flexibility index (Phi) is 8.04. The Morgan fingerprint density at radius 1 is 1.07 bits per heavy atom. The maximum absolute atomic E-state index is 11.0. The first-order valence-electron chi connectivity index (χ1n) is 10.6. The molecule has 158 valence electrons. The summed E-state index contributed by atoms with van der Waals surface area (Å²) in [6.45, 7) is 12.6. The van der Waals surface area contributed by atoms with Crippen LogP contribution in [0.3, 0.4) is 0 Å². The number of carbonyl (C=O) groups is 1. The molecule has 1 N–H and O–H groups in total. The molecule has 2 unspecified atom stereocenters. The van der Waals surface area contributed by atoms with Crippen molar-refractivity contribution < 1.29 is 14.6 Å². The first kappa shape index (κ1) is 23.2. The largest absolute Gasteiger partial charge is 0.491 e. The summed E-state index contributed by atoms with van der Waals surface area (Å²) in [6, 6.07) is 12.5. The van der Waals surface area contributed by atoms with Crippen LogP contribution in [0, 0.1) is 19.3 Å². The maximum atomic E-state index is 11.0. The van der Waals surface area contributed by atoms with Crippen molar-refractivity contribution in [3.8, 4) is 5.75 Å². The zero-order valence-corrected chi connectivity index (χ0v) is 18.8.